The first-order chi connectivity index (χ1) is 0. The molecule has 0 aliphatic rings. The molecule has 1 nitrogen and oxygen atoms in total. The predicted octanol–water partition coefficient (Wildman–Crippen LogP) is -0.704. The van der Waals surface area contributed by atoms with Crippen molar-refractivity contribution in [3.05, 3.63) is 0 Å². The monoisotopic (exact) mass is 54.1 g/mol. The first-order valence-electron chi connectivity index (χ1n) is 0. The molecule has 0 aliphatic carbocycles. The van der Waals surface area contributed by atoms with E-state index in [1.54, 1.807) is 0 Å². The summed E-state index contributed by atoms with van der Waals surface area (Å²) >= 11 is 0. The summed E-state index contributed by atoms with van der Waals surface area (Å²) in [4.78, 5) is 0. The molecule has 3 heteroatoms. The van der Waals surface area contributed by atoms with Crippen LogP contribution in [0.2, 0.25) is 0 Å². The van der Waals surface area contributed by atoms with Crippen LogP contribution >= 0.6 is 0 Å². The Bertz CT molecular complexity index is 9.61. The molecule has 0 bridgehead atoms. The number of rotatable bonds is 0. The molecule has 0 fully saturated rings. The molecule has 0 saturated heterocycles. The van der Waals surface area contributed by atoms with Gasteiger partial charge in [0.2, 0.25) is 0 Å². The van der Waals surface area contributed by atoms with Gasteiger partial charge < -0.3 is 5.48 Å². The molecule has 0 aromatic heterocycles. The third-order valence-electron chi connectivity index (χ3n) is 0. The Labute approximate surface area is 35.6 Å². The van der Waals surface area contributed by atoms with E-state index in [9.17, 15) is 0 Å². The summed E-state index contributed by atoms with van der Waals surface area (Å²) in [5.41, 5.74) is 0. The summed E-state index contributed by atoms with van der Waals surface area (Å²) in [5.74, 6) is 0. The molecule has 0 saturated carbocycles. The minimum absolute atomic E-state index is 0. The second-order valence-electron chi connectivity index (χ2n) is 0. The van der Waals surface area contributed by atoms with Crippen molar-refractivity contribution in [3.8, 4) is 0 Å². The summed E-state index contributed by atoms with van der Waals surface area (Å²) < 4.78 is 0. The minimum atomic E-state index is 0. The van der Waals surface area contributed by atoms with Crippen LogP contribution in [-0.2, 0) is 0 Å². The first kappa shape index (κ1) is 527. The van der Waals surface area contributed by atoms with Gasteiger partial charge in [-0.15, -0.1) is 0 Å². The van der Waals surface area contributed by atoms with Crippen LogP contribution in [0.15, 0.2) is 0 Å². The molecule has 0 unspecified atom stereocenters. The second-order valence-corrected chi connectivity index (χ2v) is 0. The molecule has 2 N–H and O–H groups in total. The molecule has 0 atom stereocenters. The Kier molecular flexibility index (Phi) is 25900. The number of hydrogen-bond acceptors (Lipinski definition) is 0. The van der Waals surface area contributed by atoms with Gasteiger partial charge in [-0.3, -0.25) is 0 Å². The van der Waals surface area contributed by atoms with Crippen LogP contribution in [0.4, 0.5) is 0 Å². The predicted molar refractivity (Wildman–Crippen MR) is 24.0 cm³/mol. The topological polar surface area (TPSA) is 31.5 Å². The molecule has 0 rings (SSSR count). The van der Waals surface area contributed by atoms with Gasteiger partial charge >= 0.3 is 0 Å². The van der Waals surface area contributed by atoms with Crippen molar-refractivity contribution in [2.45, 2.75) is 7.43 Å². The van der Waals surface area contributed by atoms with Crippen molar-refractivity contribution in [2.75, 3.05) is 0 Å². The van der Waals surface area contributed by atoms with Gasteiger partial charge in [0.25, 0.3) is 0 Å². The van der Waals surface area contributed by atoms with E-state index in [1.807, 2.05) is 0 Å². The van der Waals surface area contributed by atoms with Crippen LogP contribution in [0.5, 0.6) is 0 Å². The van der Waals surface area contributed by atoms with Crippen LogP contribution < -0.4 is 0 Å². The average Bonchev–Trinajstić information content (AvgIpc) is 0. The standard InChI is InChI=1S/CH4.2Be.H2O.H2/h1H4;;;1H2;1H. The molecule has 0 heterocycles. The fraction of sp³-hybridized carbons (Fsp3) is 1.00. The van der Waals surface area contributed by atoms with E-state index in [-0.39, 0.29) is 34.6 Å². The zero-order chi connectivity index (χ0) is 0. The second kappa shape index (κ2) is 196. The van der Waals surface area contributed by atoms with E-state index < -0.39 is 0 Å². The van der Waals surface area contributed by atoms with E-state index in [0.29, 0.717) is 0 Å². The van der Waals surface area contributed by atoms with E-state index in [4.69, 9.17) is 0 Å². The largest absolute Gasteiger partial charge is 0.412 e. The Balaban J connectivity index is 0. The number of hydrogen-bond donors (Lipinski definition) is 0. The van der Waals surface area contributed by atoms with E-state index in [0.717, 1.165) is 0 Å². The molecular weight excluding hydrogens is 46.0 g/mol. The summed E-state index contributed by atoms with van der Waals surface area (Å²) in [6.45, 7) is 0. The summed E-state index contributed by atoms with van der Waals surface area (Å²) in [6.07, 6.45) is 0. The van der Waals surface area contributed by atoms with Crippen molar-refractivity contribution in [3.63, 3.8) is 0 Å². The van der Waals surface area contributed by atoms with E-state index >= 15 is 0 Å². The Morgan fingerprint density at radius 2 is 1.00 bits per heavy atom. The Morgan fingerprint density at radius 1 is 1.00 bits per heavy atom. The van der Waals surface area contributed by atoms with E-state index in [2.05, 4.69) is 0 Å². The van der Waals surface area contributed by atoms with Crippen molar-refractivity contribution in [2.24, 2.45) is 0 Å². The molecule has 22 valence electrons. The maximum Gasteiger partial charge on any atom is 0 e. The summed E-state index contributed by atoms with van der Waals surface area (Å²) in [6, 6.07) is 0. The molecule has 0 amide bonds. The van der Waals surface area contributed by atoms with Crippen molar-refractivity contribution in [1.29, 1.82) is 0 Å². The van der Waals surface area contributed by atoms with Crippen LogP contribution in [-0.4, -0.2) is 25.7 Å². The zero-order valence-electron chi connectivity index (χ0n) is 1.91. The average molecular weight is 54.1 g/mol. The maximum absolute atomic E-state index is 0. The van der Waals surface area contributed by atoms with Gasteiger partial charge in [-0.2, -0.15) is 0 Å². The quantitative estimate of drug-likeness (QED) is 0.327. The Hall–Kier alpha value is 0.298. The third-order valence-corrected chi connectivity index (χ3v) is 0. The fourth-order valence-electron chi connectivity index (χ4n) is 0. The van der Waals surface area contributed by atoms with Crippen LogP contribution in [0.1, 0.15) is 8.85 Å². The van der Waals surface area contributed by atoms with Crippen molar-refractivity contribution < 1.29 is 6.90 Å². The molecule has 0 aromatic carbocycles. The summed E-state index contributed by atoms with van der Waals surface area (Å²) in [7, 11) is 0. The smallest absolute Gasteiger partial charge is 0 e. The van der Waals surface area contributed by atoms with Gasteiger partial charge in [-0.05, 0) is 0 Å². The van der Waals surface area contributed by atoms with E-state index in [1.165, 1.54) is 0 Å². The maximum atomic E-state index is 0. The van der Waals surface area contributed by atoms with Crippen LogP contribution in [0.25, 0.3) is 0 Å². The zero-order valence-corrected chi connectivity index (χ0v) is 1.91. The Morgan fingerprint density at radius 3 is 1.00 bits per heavy atom. The SMILES string of the molecule is C.O.[Be].[Be].[HH]. The molecule has 0 aliphatic heterocycles. The molecule has 4 radical (unpaired) electrons. The van der Waals surface area contributed by atoms with Crippen molar-refractivity contribution >= 4 is 20.2 Å². The molecule has 4 heavy (non-hydrogen) atoms. The molecule has 0 spiro atoms. The van der Waals surface area contributed by atoms with Crippen LogP contribution in [0, 0.1) is 0 Å². The molecular formula is CH8Be2O. The molecule has 0 aromatic rings. The fourth-order valence-corrected chi connectivity index (χ4v) is 0. The van der Waals surface area contributed by atoms with Crippen LogP contribution in [0.3, 0.4) is 0 Å². The van der Waals surface area contributed by atoms with Crippen molar-refractivity contribution in [1.82, 2.24) is 0 Å². The van der Waals surface area contributed by atoms with Gasteiger partial charge in [-0.1, -0.05) is 7.43 Å². The van der Waals surface area contributed by atoms with Gasteiger partial charge in [0.15, 0.2) is 0 Å². The van der Waals surface area contributed by atoms with Gasteiger partial charge in [0, 0.05) is 21.7 Å². The minimum Gasteiger partial charge on any atom is -0.412 e. The third kappa shape index (κ3) is 43.7. The normalized spacial score (nSPS) is 0. The van der Waals surface area contributed by atoms with Gasteiger partial charge in [0.1, 0.15) is 0 Å². The first-order valence-corrected chi connectivity index (χ1v) is 0. The summed E-state index contributed by atoms with van der Waals surface area (Å²) in [5, 5.41) is 0. The van der Waals surface area contributed by atoms with Gasteiger partial charge in [-0.25, -0.2) is 0 Å². The van der Waals surface area contributed by atoms with Gasteiger partial charge in [0.05, 0.1) is 0 Å².